The highest BCUT2D eigenvalue weighted by molar-refractivity contribution is 6.11. The van der Waals surface area contributed by atoms with Crippen LogP contribution >= 0.6 is 0 Å². The highest BCUT2D eigenvalue weighted by Crippen LogP contribution is 2.54. The van der Waals surface area contributed by atoms with Crippen molar-refractivity contribution in [1.82, 2.24) is 0 Å². The van der Waals surface area contributed by atoms with E-state index in [1.807, 2.05) is 35.2 Å². The molecular weight excluding hydrogens is 342 g/mol. The summed E-state index contributed by atoms with van der Waals surface area (Å²) in [5, 5.41) is 0. The number of hydrogen-bond acceptors (Lipinski definition) is 4. The number of unbranched alkanes of at least 4 members (excludes halogenated alkanes) is 3. The molecule has 140 valence electrons. The third-order valence-corrected chi connectivity index (χ3v) is 5.88. The Morgan fingerprint density at radius 2 is 1.78 bits per heavy atom. The van der Waals surface area contributed by atoms with Gasteiger partial charge in [0.25, 0.3) is 0 Å². The maximum absolute atomic E-state index is 13.7. The molecule has 0 saturated carbocycles. The van der Waals surface area contributed by atoms with Crippen LogP contribution in [-0.2, 0) is 10.2 Å². The fourth-order valence-electron chi connectivity index (χ4n) is 4.48. The molecule has 0 N–H and O–H groups in total. The lowest BCUT2D eigenvalue weighted by Gasteiger charge is -2.23. The molecule has 3 aliphatic rings. The summed E-state index contributed by atoms with van der Waals surface area (Å²) in [5.74, 6) is 2.19. The van der Waals surface area contributed by atoms with Crippen molar-refractivity contribution in [2.24, 2.45) is 0 Å². The van der Waals surface area contributed by atoms with E-state index in [0.717, 1.165) is 42.0 Å². The number of anilines is 1. The van der Waals surface area contributed by atoms with Gasteiger partial charge < -0.3 is 19.1 Å². The lowest BCUT2D eigenvalue weighted by Crippen LogP contribution is -2.42. The summed E-state index contributed by atoms with van der Waals surface area (Å²) in [6.07, 6.45) is 4.53. The van der Waals surface area contributed by atoms with Gasteiger partial charge in [-0.05, 0) is 24.1 Å². The molecule has 0 aromatic heterocycles. The van der Waals surface area contributed by atoms with Crippen LogP contribution in [0.3, 0.4) is 0 Å². The fraction of sp³-hybridized carbons (Fsp3) is 0.409. The zero-order chi connectivity index (χ0) is 18.4. The van der Waals surface area contributed by atoms with Crippen molar-refractivity contribution in [3.05, 3.63) is 47.5 Å². The third-order valence-electron chi connectivity index (χ3n) is 5.88. The van der Waals surface area contributed by atoms with Crippen molar-refractivity contribution < 1.29 is 19.0 Å². The molecule has 0 fully saturated rings. The Morgan fingerprint density at radius 1 is 0.963 bits per heavy atom. The molecule has 27 heavy (non-hydrogen) atoms. The minimum Gasteiger partial charge on any atom is -0.491 e. The van der Waals surface area contributed by atoms with Crippen LogP contribution in [0.25, 0.3) is 0 Å². The van der Waals surface area contributed by atoms with Crippen LogP contribution in [0.4, 0.5) is 5.69 Å². The van der Waals surface area contributed by atoms with E-state index in [1.165, 1.54) is 12.8 Å². The number of amides is 1. The van der Waals surface area contributed by atoms with Crippen molar-refractivity contribution in [2.75, 3.05) is 24.8 Å². The molecule has 3 heterocycles. The van der Waals surface area contributed by atoms with Crippen LogP contribution in [0.5, 0.6) is 17.2 Å². The molecule has 5 nitrogen and oxygen atoms in total. The largest absolute Gasteiger partial charge is 0.491 e. The summed E-state index contributed by atoms with van der Waals surface area (Å²) in [7, 11) is 0. The van der Waals surface area contributed by atoms with Crippen molar-refractivity contribution >= 4 is 11.6 Å². The number of para-hydroxylation sites is 1. The molecule has 0 bridgehead atoms. The number of rotatable bonds is 5. The first kappa shape index (κ1) is 16.5. The summed E-state index contributed by atoms with van der Waals surface area (Å²) in [6.45, 7) is 3.48. The van der Waals surface area contributed by atoms with Crippen LogP contribution < -0.4 is 19.1 Å². The predicted octanol–water partition coefficient (Wildman–Crippen LogP) is 4.02. The van der Waals surface area contributed by atoms with Crippen LogP contribution in [0.1, 0.15) is 43.7 Å². The lowest BCUT2D eigenvalue weighted by atomic mass is 9.77. The van der Waals surface area contributed by atoms with Crippen LogP contribution in [0, 0.1) is 0 Å². The molecule has 2 aromatic rings. The Morgan fingerprint density at radius 3 is 2.63 bits per heavy atom. The zero-order valence-corrected chi connectivity index (χ0v) is 15.5. The smallest absolute Gasteiger partial charge is 0.245 e. The molecule has 0 radical (unpaired) electrons. The maximum Gasteiger partial charge on any atom is 0.245 e. The molecule has 1 unspecified atom stereocenters. The molecule has 1 spiro atoms. The summed E-state index contributed by atoms with van der Waals surface area (Å²) in [5.41, 5.74) is 2.15. The van der Waals surface area contributed by atoms with E-state index >= 15 is 0 Å². The van der Waals surface area contributed by atoms with Crippen LogP contribution in [0.15, 0.2) is 36.4 Å². The number of nitrogens with zero attached hydrogens (tertiary/aromatic N) is 1. The molecule has 5 heteroatoms. The average molecular weight is 365 g/mol. The van der Waals surface area contributed by atoms with E-state index in [-0.39, 0.29) is 12.7 Å². The quantitative estimate of drug-likeness (QED) is 0.751. The monoisotopic (exact) mass is 365 g/mol. The Labute approximate surface area is 158 Å². The number of benzene rings is 2. The number of fused-ring (bicyclic) bond motifs is 5. The highest BCUT2D eigenvalue weighted by atomic mass is 16.7. The molecular formula is C22H23NO4. The summed E-state index contributed by atoms with van der Waals surface area (Å²) in [4.78, 5) is 15.6. The molecule has 1 amide bonds. The second-order valence-corrected chi connectivity index (χ2v) is 7.43. The molecule has 5 rings (SSSR count). The van der Waals surface area contributed by atoms with Gasteiger partial charge in [-0.1, -0.05) is 44.4 Å². The first-order chi connectivity index (χ1) is 13.3. The van der Waals surface area contributed by atoms with Gasteiger partial charge in [0, 0.05) is 23.9 Å². The highest BCUT2D eigenvalue weighted by Gasteiger charge is 2.57. The number of ether oxygens (including phenoxy) is 3. The predicted molar refractivity (Wildman–Crippen MR) is 102 cm³/mol. The van der Waals surface area contributed by atoms with Gasteiger partial charge >= 0.3 is 0 Å². The minimum atomic E-state index is -0.780. The Balaban J connectivity index is 1.57. The topological polar surface area (TPSA) is 48.0 Å². The number of carbonyl (C=O) groups is 1. The van der Waals surface area contributed by atoms with E-state index in [0.29, 0.717) is 18.1 Å². The second kappa shape index (κ2) is 6.19. The van der Waals surface area contributed by atoms with Gasteiger partial charge in [0.15, 0.2) is 11.5 Å². The van der Waals surface area contributed by atoms with Crippen molar-refractivity contribution in [3.8, 4) is 17.2 Å². The summed E-state index contributed by atoms with van der Waals surface area (Å²) >= 11 is 0. The van der Waals surface area contributed by atoms with E-state index in [9.17, 15) is 4.79 Å². The normalized spacial score (nSPS) is 21.5. The Bertz CT molecular complexity index is 909. The summed E-state index contributed by atoms with van der Waals surface area (Å²) < 4.78 is 17.0. The molecule has 2 aromatic carbocycles. The van der Waals surface area contributed by atoms with Crippen molar-refractivity contribution in [3.63, 3.8) is 0 Å². The molecule has 0 aliphatic carbocycles. The van der Waals surface area contributed by atoms with E-state index < -0.39 is 5.41 Å². The van der Waals surface area contributed by atoms with Gasteiger partial charge in [0.05, 0.1) is 0 Å². The SMILES string of the molecule is CCCCCCN1C(=O)C2(COc3cc4c(cc32)OCO4)c2ccccc21. The molecule has 1 atom stereocenters. The van der Waals surface area contributed by atoms with Crippen molar-refractivity contribution in [2.45, 2.75) is 38.0 Å². The third kappa shape index (κ3) is 2.27. The van der Waals surface area contributed by atoms with Crippen LogP contribution in [-0.4, -0.2) is 25.9 Å². The second-order valence-electron chi connectivity index (χ2n) is 7.43. The van der Waals surface area contributed by atoms with Crippen molar-refractivity contribution in [1.29, 1.82) is 0 Å². The van der Waals surface area contributed by atoms with E-state index in [4.69, 9.17) is 14.2 Å². The van der Waals surface area contributed by atoms with Gasteiger partial charge in [0.1, 0.15) is 17.8 Å². The van der Waals surface area contributed by atoms with Gasteiger partial charge in [0.2, 0.25) is 12.7 Å². The van der Waals surface area contributed by atoms with Gasteiger partial charge in [-0.15, -0.1) is 0 Å². The number of carbonyl (C=O) groups excluding carboxylic acids is 1. The van der Waals surface area contributed by atoms with E-state index in [2.05, 4.69) is 13.0 Å². The standard InChI is InChI=1S/C22H23NO4/c1-2-3-4-7-10-23-17-9-6-5-8-15(17)22(21(23)24)13-25-18-12-20-19(11-16(18)22)26-14-27-20/h5-6,8-9,11-12H,2-4,7,10,13-14H2,1H3. The first-order valence-electron chi connectivity index (χ1n) is 9.74. The minimum absolute atomic E-state index is 0.109. The maximum atomic E-state index is 13.7. The lowest BCUT2D eigenvalue weighted by molar-refractivity contribution is -0.122. The number of hydrogen-bond donors (Lipinski definition) is 0. The average Bonchev–Trinajstić information content (AvgIpc) is 3.36. The van der Waals surface area contributed by atoms with Crippen LogP contribution in [0.2, 0.25) is 0 Å². The summed E-state index contributed by atoms with van der Waals surface area (Å²) in [6, 6.07) is 11.9. The molecule has 0 saturated heterocycles. The molecule has 3 aliphatic heterocycles. The van der Waals surface area contributed by atoms with Gasteiger partial charge in [-0.2, -0.15) is 0 Å². The first-order valence-corrected chi connectivity index (χ1v) is 9.74. The van der Waals surface area contributed by atoms with Gasteiger partial charge in [-0.3, -0.25) is 4.79 Å². The Kier molecular flexibility index (Phi) is 3.78. The fourth-order valence-corrected chi connectivity index (χ4v) is 4.48. The Hall–Kier alpha value is -2.69. The zero-order valence-electron chi connectivity index (χ0n) is 15.5. The van der Waals surface area contributed by atoms with E-state index in [1.54, 1.807) is 0 Å². The van der Waals surface area contributed by atoms with Gasteiger partial charge in [-0.25, -0.2) is 0 Å².